The average molecular weight is 508 g/mol. The normalized spacial score (nSPS) is 13.1. The van der Waals surface area contributed by atoms with Crippen molar-refractivity contribution in [3.63, 3.8) is 0 Å². The quantitative estimate of drug-likeness (QED) is 0.495. The van der Waals surface area contributed by atoms with E-state index < -0.39 is 28.5 Å². The molecular weight excluding hydrogens is 474 g/mol. The maximum atomic E-state index is 13.6. The van der Waals surface area contributed by atoms with Gasteiger partial charge < -0.3 is 10.2 Å². The van der Waals surface area contributed by atoms with Gasteiger partial charge >= 0.3 is 0 Å². The van der Waals surface area contributed by atoms with Gasteiger partial charge in [-0.3, -0.25) is 13.9 Å². The summed E-state index contributed by atoms with van der Waals surface area (Å²) in [6, 6.07) is 13.4. The summed E-state index contributed by atoms with van der Waals surface area (Å²) in [5.74, 6) is -0.718. The molecule has 0 radical (unpaired) electrons. The Morgan fingerprint density at radius 3 is 2.24 bits per heavy atom. The Kier molecular flexibility index (Phi) is 9.94. The SMILES string of the molecule is CC[C@@H](C)NC(=O)[C@H](CC)N(Cc1ccccc1)C(=O)CN(c1ccc(Cl)cc1C)S(C)(=O)=O. The van der Waals surface area contributed by atoms with Gasteiger partial charge in [-0.1, -0.05) is 55.8 Å². The van der Waals surface area contributed by atoms with Crippen molar-refractivity contribution in [2.45, 2.75) is 59.2 Å². The second-order valence-electron chi connectivity index (χ2n) is 8.45. The monoisotopic (exact) mass is 507 g/mol. The predicted molar refractivity (Wildman–Crippen MR) is 137 cm³/mol. The lowest BCUT2D eigenvalue weighted by Gasteiger charge is -2.33. The molecule has 0 fully saturated rings. The van der Waals surface area contributed by atoms with E-state index in [9.17, 15) is 18.0 Å². The van der Waals surface area contributed by atoms with Gasteiger partial charge in [0.2, 0.25) is 21.8 Å². The fourth-order valence-electron chi connectivity index (χ4n) is 3.63. The summed E-state index contributed by atoms with van der Waals surface area (Å²) in [6.45, 7) is 7.20. The molecule has 0 aliphatic carbocycles. The van der Waals surface area contributed by atoms with Crippen LogP contribution in [-0.4, -0.2) is 50.0 Å². The van der Waals surface area contributed by atoms with E-state index in [2.05, 4.69) is 5.32 Å². The minimum atomic E-state index is -3.79. The number of carbonyl (C=O) groups excluding carboxylic acids is 2. The second-order valence-corrected chi connectivity index (χ2v) is 10.8. The first-order valence-electron chi connectivity index (χ1n) is 11.4. The molecule has 0 saturated carbocycles. The molecule has 0 aromatic heterocycles. The third-order valence-corrected chi connectivity index (χ3v) is 7.05. The van der Waals surface area contributed by atoms with E-state index >= 15 is 0 Å². The van der Waals surface area contributed by atoms with E-state index in [0.29, 0.717) is 22.7 Å². The molecule has 2 amide bonds. The van der Waals surface area contributed by atoms with Crippen LogP contribution in [0.5, 0.6) is 0 Å². The van der Waals surface area contributed by atoms with Crippen LogP contribution in [0.4, 0.5) is 5.69 Å². The molecule has 186 valence electrons. The smallest absolute Gasteiger partial charge is 0.244 e. The van der Waals surface area contributed by atoms with Crippen LogP contribution in [0.3, 0.4) is 0 Å². The number of nitrogens with zero attached hydrogens (tertiary/aromatic N) is 2. The average Bonchev–Trinajstić information content (AvgIpc) is 2.77. The highest BCUT2D eigenvalue weighted by Gasteiger charge is 2.32. The summed E-state index contributed by atoms with van der Waals surface area (Å²) in [5, 5.41) is 3.42. The summed E-state index contributed by atoms with van der Waals surface area (Å²) < 4.78 is 26.4. The lowest BCUT2D eigenvalue weighted by molar-refractivity contribution is -0.140. The third-order valence-electron chi connectivity index (χ3n) is 5.69. The number of amides is 2. The lowest BCUT2D eigenvalue weighted by Crippen LogP contribution is -2.53. The number of hydrogen-bond acceptors (Lipinski definition) is 4. The molecule has 1 N–H and O–H groups in total. The summed E-state index contributed by atoms with van der Waals surface area (Å²) in [7, 11) is -3.79. The van der Waals surface area contributed by atoms with Gasteiger partial charge in [0.05, 0.1) is 11.9 Å². The van der Waals surface area contributed by atoms with Crippen molar-refractivity contribution in [2.24, 2.45) is 0 Å². The number of benzene rings is 2. The Morgan fingerprint density at radius 2 is 1.71 bits per heavy atom. The molecule has 0 heterocycles. The van der Waals surface area contributed by atoms with E-state index in [4.69, 9.17) is 11.6 Å². The Balaban J connectivity index is 2.44. The molecule has 7 nitrogen and oxygen atoms in total. The number of hydrogen-bond donors (Lipinski definition) is 1. The van der Waals surface area contributed by atoms with E-state index in [0.717, 1.165) is 22.5 Å². The topological polar surface area (TPSA) is 86.8 Å². The maximum Gasteiger partial charge on any atom is 0.244 e. The van der Waals surface area contributed by atoms with Crippen molar-refractivity contribution in [3.8, 4) is 0 Å². The van der Waals surface area contributed by atoms with Crippen molar-refractivity contribution in [2.75, 3.05) is 17.1 Å². The number of sulfonamides is 1. The molecule has 0 saturated heterocycles. The minimum absolute atomic E-state index is 0.0422. The van der Waals surface area contributed by atoms with Gasteiger partial charge in [0.1, 0.15) is 12.6 Å². The summed E-state index contributed by atoms with van der Waals surface area (Å²) >= 11 is 6.04. The highest BCUT2D eigenvalue weighted by atomic mass is 35.5. The Morgan fingerprint density at radius 1 is 1.06 bits per heavy atom. The molecule has 34 heavy (non-hydrogen) atoms. The van der Waals surface area contributed by atoms with Crippen LogP contribution in [0.15, 0.2) is 48.5 Å². The number of halogens is 1. The highest BCUT2D eigenvalue weighted by molar-refractivity contribution is 7.92. The molecule has 2 aromatic carbocycles. The molecule has 0 spiro atoms. The van der Waals surface area contributed by atoms with E-state index in [1.165, 1.54) is 4.90 Å². The zero-order valence-electron chi connectivity index (χ0n) is 20.4. The molecule has 2 aromatic rings. The number of nitrogens with one attached hydrogen (secondary N) is 1. The number of aryl methyl sites for hydroxylation is 1. The molecule has 0 bridgehead atoms. The molecule has 2 rings (SSSR count). The van der Waals surface area contributed by atoms with Gasteiger partial charge in [0.15, 0.2) is 0 Å². The minimum Gasteiger partial charge on any atom is -0.352 e. The van der Waals surface area contributed by atoms with Gasteiger partial charge in [0, 0.05) is 17.6 Å². The zero-order valence-corrected chi connectivity index (χ0v) is 22.0. The number of anilines is 1. The van der Waals surface area contributed by atoms with Crippen molar-refractivity contribution in [1.82, 2.24) is 10.2 Å². The van der Waals surface area contributed by atoms with E-state index in [1.807, 2.05) is 51.1 Å². The summed E-state index contributed by atoms with van der Waals surface area (Å²) in [4.78, 5) is 28.2. The van der Waals surface area contributed by atoms with Crippen LogP contribution >= 0.6 is 11.6 Å². The molecular formula is C25H34ClN3O4S. The fraction of sp³-hybridized carbons (Fsp3) is 0.440. The molecule has 2 atom stereocenters. The van der Waals surface area contributed by atoms with Crippen LogP contribution in [0.1, 0.15) is 44.7 Å². The standard InChI is InChI=1S/C25H34ClN3O4S/c1-6-19(4)27-25(31)22(7-2)28(16-20-11-9-8-10-12-20)24(30)17-29(34(5,32)33)23-14-13-21(26)15-18(23)3/h8-15,19,22H,6-7,16-17H2,1-5H3,(H,27,31)/t19-,22+/m1/s1. The van der Waals surface area contributed by atoms with E-state index in [-0.39, 0.29) is 18.5 Å². The predicted octanol–water partition coefficient (Wildman–Crippen LogP) is 4.14. The number of carbonyl (C=O) groups is 2. The van der Waals surface area contributed by atoms with Gasteiger partial charge in [-0.25, -0.2) is 8.42 Å². The first-order chi connectivity index (χ1) is 16.0. The van der Waals surface area contributed by atoms with Crippen molar-refractivity contribution in [3.05, 3.63) is 64.7 Å². The molecule has 0 aliphatic heterocycles. The molecule has 0 unspecified atom stereocenters. The number of rotatable bonds is 11. The first kappa shape index (κ1) is 27.7. The summed E-state index contributed by atoms with van der Waals surface area (Å²) in [6.07, 6.45) is 2.20. The van der Waals surface area contributed by atoms with Crippen LogP contribution in [0.25, 0.3) is 0 Å². The Bertz CT molecular complexity index is 1090. The van der Waals surface area contributed by atoms with Crippen LogP contribution < -0.4 is 9.62 Å². The second kappa shape index (κ2) is 12.2. The van der Waals surface area contributed by atoms with Gasteiger partial charge in [0.25, 0.3) is 0 Å². The van der Waals surface area contributed by atoms with Gasteiger partial charge in [-0.05, 0) is 56.0 Å². The van der Waals surface area contributed by atoms with E-state index in [1.54, 1.807) is 25.1 Å². The van der Waals surface area contributed by atoms with Crippen LogP contribution in [-0.2, 0) is 26.2 Å². The fourth-order valence-corrected chi connectivity index (χ4v) is 4.77. The van der Waals surface area contributed by atoms with Gasteiger partial charge in [-0.2, -0.15) is 0 Å². The lowest BCUT2D eigenvalue weighted by atomic mass is 10.1. The molecule has 0 aliphatic rings. The van der Waals surface area contributed by atoms with Crippen LogP contribution in [0.2, 0.25) is 5.02 Å². The largest absolute Gasteiger partial charge is 0.352 e. The molecule has 9 heteroatoms. The van der Waals surface area contributed by atoms with Crippen molar-refractivity contribution in [1.29, 1.82) is 0 Å². The Labute approximate surface area is 208 Å². The highest BCUT2D eigenvalue weighted by Crippen LogP contribution is 2.26. The maximum absolute atomic E-state index is 13.6. The van der Waals surface area contributed by atoms with Gasteiger partial charge in [-0.15, -0.1) is 0 Å². The summed E-state index contributed by atoms with van der Waals surface area (Å²) in [5.41, 5.74) is 1.85. The van der Waals surface area contributed by atoms with Crippen molar-refractivity contribution >= 4 is 39.1 Å². The third kappa shape index (κ3) is 7.46. The first-order valence-corrected chi connectivity index (χ1v) is 13.6. The van der Waals surface area contributed by atoms with Crippen LogP contribution in [0, 0.1) is 6.92 Å². The zero-order chi connectivity index (χ0) is 25.5. The Hall–Kier alpha value is -2.58. The van der Waals surface area contributed by atoms with Crippen molar-refractivity contribution < 1.29 is 18.0 Å².